The van der Waals surface area contributed by atoms with Crippen LogP contribution in [-0.4, -0.2) is 32.5 Å². The zero-order valence-corrected chi connectivity index (χ0v) is 17.1. The first-order chi connectivity index (χ1) is 13.2. The molecule has 0 amide bonds. The molecule has 1 heterocycles. The lowest BCUT2D eigenvalue weighted by Gasteiger charge is -2.14. The molecule has 0 saturated carbocycles. The predicted octanol–water partition coefficient (Wildman–Crippen LogP) is 3.70. The van der Waals surface area contributed by atoms with E-state index in [0.717, 1.165) is 17.1 Å². The minimum atomic E-state index is -3.62. The molecule has 0 radical (unpaired) electrons. The summed E-state index contributed by atoms with van der Waals surface area (Å²) < 4.78 is 27.6. The van der Waals surface area contributed by atoms with Crippen molar-refractivity contribution in [1.29, 1.82) is 0 Å². The van der Waals surface area contributed by atoms with Crippen LogP contribution >= 0.6 is 0 Å². The van der Waals surface area contributed by atoms with Gasteiger partial charge in [0.15, 0.2) is 0 Å². The summed E-state index contributed by atoms with van der Waals surface area (Å²) in [4.78, 5) is 10.9. The molecule has 0 spiro atoms. The standard InChI is InChI=1S/C20H23N5O2S/c1-14-6-5-7-18(12-14)28(26,27)24-17-10-8-16(9-11-17)23-19-13-20(25(3)4)22-15(2)21-19/h5-13,24H,1-4H3,(H,21,22,23). The molecule has 3 rings (SSSR count). The molecule has 0 aliphatic heterocycles. The lowest BCUT2D eigenvalue weighted by molar-refractivity contribution is 0.601. The maximum Gasteiger partial charge on any atom is 0.261 e. The first kappa shape index (κ1) is 19.6. The third-order valence-electron chi connectivity index (χ3n) is 3.99. The van der Waals surface area contributed by atoms with E-state index in [4.69, 9.17) is 0 Å². The van der Waals surface area contributed by atoms with Crippen molar-refractivity contribution < 1.29 is 8.42 Å². The topological polar surface area (TPSA) is 87.2 Å². The molecule has 0 unspecified atom stereocenters. The summed E-state index contributed by atoms with van der Waals surface area (Å²) in [7, 11) is 0.210. The second-order valence-corrected chi connectivity index (χ2v) is 8.36. The fourth-order valence-corrected chi connectivity index (χ4v) is 3.77. The molecular formula is C20H23N5O2S. The molecule has 0 fully saturated rings. The number of hydrogen-bond donors (Lipinski definition) is 2. The molecule has 146 valence electrons. The molecule has 8 heteroatoms. The largest absolute Gasteiger partial charge is 0.363 e. The van der Waals surface area contributed by atoms with Gasteiger partial charge in [-0.05, 0) is 55.8 Å². The van der Waals surface area contributed by atoms with E-state index in [1.54, 1.807) is 42.5 Å². The van der Waals surface area contributed by atoms with Crippen molar-refractivity contribution in [3.05, 3.63) is 66.0 Å². The van der Waals surface area contributed by atoms with E-state index >= 15 is 0 Å². The Balaban J connectivity index is 1.75. The Kier molecular flexibility index (Phi) is 5.51. The van der Waals surface area contributed by atoms with Gasteiger partial charge in [-0.3, -0.25) is 4.72 Å². The minimum absolute atomic E-state index is 0.238. The fraction of sp³-hybridized carbons (Fsp3) is 0.200. The van der Waals surface area contributed by atoms with Crippen LogP contribution in [0, 0.1) is 13.8 Å². The van der Waals surface area contributed by atoms with Crippen molar-refractivity contribution in [1.82, 2.24) is 9.97 Å². The Labute approximate surface area is 165 Å². The van der Waals surface area contributed by atoms with Crippen LogP contribution in [0.2, 0.25) is 0 Å². The Morgan fingerprint density at radius 1 is 0.893 bits per heavy atom. The highest BCUT2D eigenvalue weighted by atomic mass is 32.2. The molecular weight excluding hydrogens is 374 g/mol. The minimum Gasteiger partial charge on any atom is -0.363 e. The number of nitrogens with one attached hydrogen (secondary N) is 2. The van der Waals surface area contributed by atoms with Crippen LogP contribution in [0.15, 0.2) is 59.5 Å². The summed E-state index contributed by atoms with van der Waals surface area (Å²) in [6, 6.07) is 15.6. The molecule has 0 aliphatic rings. The summed E-state index contributed by atoms with van der Waals surface area (Å²) in [6.45, 7) is 3.69. The van der Waals surface area contributed by atoms with Gasteiger partial charge >= 0.3 is 0 Å². The Bertz CT molecular complexity index is 1080. The van der Waals surface area contributed by atoms with Crippen LogP contribution < -0.4 is 14.9 Å². The van der Waals surface area contributed by atoms with Crippen LogP contribution in [0.4, 0.5) is 23.0 Å². The normalized spacial score (nSPS) is 11.1. The third kappa shape index (κ3) is 4.77. The van der Waals surface area contributed by atoms with Gasteiger partial charge < -0.3 is 10.2 Å². The van der Waals surface area contributed by atoms with Gasteiger partial charge in [0.25, 0.3) is 10.0 Å². The highest BCUT2D eigenvalue weighted by Gasteiger charge is 2.14. The number of aromatic nitrogens is 2. The number of sulfonamides is 1. The molecule has 0 saturated heterocycles. The summed E-state index contributed by atoms with van der Waals surface area (Å²) in [5, 5.41) is 3.21. The maximum absolute atomic E-state index is 12.5. The van der Waals surface area contributed by atoms with Crippen molar-refractivity contribution in [3.8, 4) is 0 Å². The second kappa shape index (κ2) is 7.85. The zero-order chi connectivity index (χ0) is 20.3. The lowest BCUT2D eigenvalue weighted by atomic mass is 10.2. The van der Waals surface area contributed by atoms with Crippen molar-refractivity contribution in [2.45, 2.75) is 18.7 Å². The van der Waals surface area contributed by atoms with Crippen molar-refractivity contribution >= 4 is 33.0 Å². The van der Waals surface area contributed by atoms with Gasteiger partial charge in [-0.15, -0.1) is 0 Å². The number of nitrogens with zero attached hydrogens (tertiary/aromatic N) is 3. The van der Waals surface area contributed by atoms with Crippen LogP contribution in [0.25, 0.3) is 0 Å². The fourth-order valence-electron chi connectivity index (χ4n) is 2.61. The van der Waals surface area contributed by atoms with E-state index in [1.807, 2.05) is 45.0 Å². The number of benzene rings is 2. The number of rotatable bonds is 6. The Morgan fingerprint density at radius 2 is 1.57 bits per heavy atom. The predicted molar refractivity (Wildman–Crippen MR) is 113 cm³/mol. The van der Waals surface area contributed by atoms with Gasteiger partial charge in [-0.2, -0.15) is 0 Å². The first-order valence-corrected chi connectivity index (χ1v) is 10.2. The van der Waals surface area contributed by atoms with Crippen molar-refractivity contribution in [2.75, 3.05) is 29.0 Å². The maximum atomic E-state index is 12.5. The van der Waals surface area contributed by atoms with Gasteiger partial charge in [0.1, 0.15) is 17.5 Å². The van der Waals surface area contributed by atoms with E-state index in [-0.39, 0.29) is 4.90 Å². The quantitative estimate of drug-likeness (QED) is 0.659. The second-order valence-electron chi connectivity index (χ2n) is 6.68. The van der Waals surface area contributed by atoms with E-state index in [2.05, 4.69) is 20.0 Å². The summed E-state index contributed by atoms with van der Waals surface area (Å²) in [5.41, 5.74) is 2.17. The Hall–Kier alpha value is -3.13. The average Bonchev–Trinajstić information content (AvgIpc) is 2.62. The molecule has 0 aliphatic carbocycles. The van der Waals surface area contributed by atoms with E-state index in [1.165, 1.54) is 0 Å². The van der Waals surface area contributed by atoms with E-state index < -0.39 is 10.0 Å². The van der Waals surface area contributed by atoms with Gasteiger partial charge in [-0.1, -0.05) is 12.1 Å². The summed E-state index contributed by atoms with van der Waals surface area (Å²) in [5.74, 6) is 2.14. The number of hydrogen-bond acceptors (Lipinski definition) is 6. The number of anilines is 4. The highest BCUT2D eigenvalue weighted by Crippen LogP contribution is 2.22. The third-order valence-corrected chi connectivity index (χ3v) is 5.37. The van der Waals surface area contributed by atoms with Crippen LogP contribution in [0.3, 0.4) is 0 Å². The first-order valence-electron chi connectivity index (χ1n) is 8.72. The molecule has 2 aromatic carbocycles. The SMILES string of the molecule is Cc1cccc(S(=O)(=O)Nc2ccc(Nc3cc(N(C)C)nc(C)n3)cc2)c1. The van der Waals surface area contributed by atoms with Crippen LogP contribution in [-0.2, 0) is 10.0 Å². The highest BCUT2D eigenvalue weighted by molar-refractivity contribution is 7.92. The average molecular weight is 398 g/mol. The van der Waals surface area contributed by atoms with E-state index in [9.17, 15) is 8.42 Å². The molecule has 1 aromatic heterocycles. The van der Waals surface area contributed by atoms with Gasteiger partial charge in [0.05, 0.1) is 4.90 Å². The summed E-state index contributed by atoms with van der Waals surface area (Å²) >= 11 is 0. The number of aryl methyl sites for hydroxylation is 2. The van der Waals surface area contributed by atoms with Crippen LogP contribution in [0.1, 0.15) is 11.4 Å². The zero-order valence-electron chi connectivity index (χ0n) is 16.3. The van der Waals surface area contributed by atoms with Gasteiger partial charge in [0.2, 0.25) is 0 Å². The molecule has 0 atom stereocenters. The lowest BCUT2D eigenvalue weighted by Crippen LogP contribution is -2.13. The Morgan fingerprint density at radius 3 is 2.21 bits per heavy atom. The van der Waals surface area contributed by atoms with E-state index in [0.29, 0.717) is 17.3 Å². The molecule has 28 heavy (non-hydrogen) atoms. The molecule has 0 bridgehead atoms. The molecule has 7 nitrogen and oxygen atoms in total. The monoisotopic (exact) mass is 397 g/mol. The van der Waals surface area contributed by atoms with Gasteiger partial charge in [0, 0.05) is 31.5 Å². The van der Waals surface area contributed by atoms with Gasteiger partial charge in [-0.25, -0.2) is 18.4 Å². The van der Waals surface area contributed by atoms with Crippen molar-refractivity contribution in [2.24, 2.45) is 0 Å². The molecule has 2 N–H and O–H groups in total. The molecule has 3 aromatic rings. The smallest absolute Gasteiger partial charge is 0.261 e. The summed E-state index contributed by atoms with van der Waals surface area (Å²) in [6.07, 6.45) is 0. The van der Waals surface area contributed by atoms with Crippen LogP contribution in [0.5, 0.6) is 0 Å². The van der Waals surface area contributed by atoms with Crippen molar-refractivity contribution in [3.63, 3.8) is 0 Å².